The molecular weight excluding hydrogens is 220 g/mol. The Morgan fingerprint density at radius 3 is 2.94 bits per heavy atom. The summed E-state index contributed by atoms with van der Waals surface area (Å²) in [6.07, 6.45) is 3.83. The van der Waals surface area contributed by atoms with Crippen LogP contribution in [-0.2, 0) is 0 Å². The van der Waals surface area contributed by atoms with Crippen molar-refractivity contribution < 1.29 is 5.11 Å². The summed E-state index contributed by atoms with van der Waals surface area (Å²) in [5.41, 5.74) is 0.964. The van der Waals surface area contributed by atoms with E-state index in [9.17, 15) is 5.11 Å². The first-order valence-electron chi connectivity index (χ1n) is 5.25. The second kappa shape index (κ2) is 5.18. The SMILES string of the molecule is CC[C@@H](O)c1ccccc1Sc1ncc[nH]1. The lowest BCUT2D eigenvalue weighted by molar-refractivity contribution is 0.171. The van der Waals surface area contributed by atoms with Crippen LogP contribution in [0, 0.1) is 0 Å². The Kier molecular flexibility index (Phi) is 3.64. The minimum absolute atomic E-state index is 0.404. The lowest BCUT2D eigenvalue weighted by atomic mass is 10.1. The van der Waals surface area contributed by atoms with E-state index in [0.717, 1.165) is 22.0 Å². The molecule has 0 fully saturated rings. The number of rotatable bonds is 4. The van der Waals surface area contributed by atoms with Crippen molar-refractivity contribution in [2.24, 2.45) is 0 Å². The number of aliphatic hydroxyl groups excluding tert-OH is 1. The maximum absolute atomic E-state index is 9.89. The molecule has 0 saturated carbocycles. The van der Waals surface area contributed by atoms with Gasteiger partial charge < -0.3 is 10.1 Å². The number of imidazole rings is 1. The Bertz CT molecular complexity index is 442. The summed E-state index contributed by atoms with van der Waals surface area (Å²) < 4.78 is 0. The molecule has 2 N–H and O–H groups in total. The Hall–Kier alpha value is -1.26. The summed E-state index contributed by atoms with van der Waals surface area (Å²) in [6.45, 7) is 1.97. The van der Waals surface area contributed by atoms with Crippen LogP contribution in [0.15, 0.2) is 46.7 Å². The standard InChI is InChI=1S/C12H14N2OS/c1-2-10(15)9-5-3-4-6-11(9)16-12-13-7-8-14-12/h3-8,10,15H,2H2,1H3,(H,13,14)/t10-/m1/s1. The van der Waals surface area contributed by atoms with Crippen molar-refractivity contribution in [2.45, 2.75) is 29.5 Å². The van der Waals surface area contributed by atoms with Crippen LogP contribution in [0.4, 0.5) is 0 Å². The van der Waals surface area contributed by atoms with E-state index in [1.807, 2.05) is 31.2 Å². The molecule has 0 aliphatic heterocycles. The van der Waals surface area contributed by atoms with Gasteiger partial charge in [0.1, 0.15) is 0 Å². The van der Waals surface area contributed by atoms with Gasteiger partial charge >= 0.3 is 0 Å². The fourth-order valence-corrected chi connectivity index (χ4v) is 2.40. The molecule has 0 saturated heterocycles. The van der Waals surface area contributed by atoms with Crippen molar-refractivity contribution in [2.75, 3.05) is 0 Å². The lowest BCUT2D eigenvalue weighted by Gasteiger charge is -2.12. The third kappa shape index (κ3) is 2.46. The molecule has 2 aromatic rings. The summed E-state index contributed by atoms with van der Waals surface area (Å²) in [5, 5.41) is 10.7. The zero-order valence-electron chi connectivity index (χ0n) is 9.05. The number of aromatic nitrogens is 2. The zero-order valence-corrected chi connectivity index (χ0v) is 9.87. The number of nitrogens with one attached hydrogen (secondary N) is 1. The van der Waals surface area contributed by atoms with E-state index in [1.165, 1.54) is 11.8 Å². The molecule has 84 valence electrons. The van der Waals surface area contributed by atoms with Gasteiger partial charge in [0.05, 0.1) is 6.10 Å². The second-order valence-electron chi connectivity index (χ2n) is 3.46. The van der Waals surface area contributed by atoms with E-state index >= 15 is 0 Å². The molecule has 0 aliphatic rings. The highest BCUT2D eigenvalue weighted by Crippen LogP contribution is 2.32. The van der Waals surface area contributed by atoms with Gasteiger partial charge in [-0.15, -0.1) is 0 Å². The van der Waals surface area contributed by atoms with Crippen LogP contribution in [0.3, 0.4) is 0 Å². The van der Waals surface area contributed by atoms with Crippen molar-refractivity contribution in [1.29, 1.82) is 0 Å². The van der Waals surface area contributed by atoms with Crippen molar-refractivity contribution in [3.05, 3.63) is 42.2 Å². The molecule has 3 nitrogen and oxygen atoms in total. The van der Waals surface area contributed by atoms with Crippen LogP contribution >= 0.6 is 11.8 Å². The zero-order chi connectivity index (χ0) is 11.4. The van der Waals surface area contributed by atoms with Gasteiger partial charge in [0.25, 0.3) is 0 Å². The van der Waals surface area contributed by atoms with Gasteiger partial charge in [-0.1, -0.05) is 36.9 Å². The molecule has 4 heteroatoms. The van der Waals surface area contributed by atoms with Crippen molar-refractivity contribution >= 4 is 11.8 Å². The largest absolute Gasteiger partial charge is 0.388 e. The van der Waals surface area contributed by atoms with Crippen LogP contribution < -0.4 is 0 Å². The fourth-order valence-electron chi connectivity index (χ4n) is 1.48. The molecule has 1 atom stereocenters. The maximum Gasteiger partial charge on any atom is 0.170 e. The molecule has 0 amide bonds. The molecule has 16 heavy (non-hydrogen) atoms. The third-order valence-electron chi connectivity index (χ3n) is 2.34. The average molecular weight is 234 g/mol. The normalized spacial score (nSPS) is 12.6. The molecule has 0 unspecified atom stereocenters. The number of aromatic amines is 1. The van der Waals surface area contributed by atoms with Crippen molar-refractivity contribution in [3.63, 3.8) is 0 Å². The molecule has 0 radical (unpaired) electrons. The smallest absolute Gasteiger partial charge is 0.170 e. The van der Waals surface area contributed by atoms with E-state index in [0.29, 0.717) is 0 Å². The third-order valence-corrected chi connectivity index (χ3v) is 3.35. The van der Waals surface area contributed by atoms with Gasteiger partial charge in [-0.05, 0) is 18.1 Å². The highest BCUT2D eigenvalue weighted by Gasteiger charge is 2.11. The minimum atomic E-state index is -0.404. The maximum atomic E-state index is 9.89. The quantitative estimate of drug-likeness (QED) is 0.855. The molecule has 1 aromatic carbocycles. The number of H-pyrrole nitrogens is 1. The second-order valence-corrected chi connectivity index (χ2v) is 4.49. The Balaban J connectivity index is 2.26. The Morgan fingerprint density at radius 1 is 1.44 bits per heavy atom. The molecule has 0 bridgehead atoms. The van der Waals surface area contributed by atoms with Crippen LogP contribution in [-0.4, -0.2) is 15.1 Å². The summed E-state index contributed by atoms with van der Waals surface area (Å²) in [6, 6.07) is 7.87. The summed E-state index contributed by atoms with van der Waals surface area (Å²) in [5.74, 6) is 0. The lowest BCUT2D eigenvalue weighted by Crippen LogP contribution is -1.97. The van der Waals surface area contributed by atoms with Crippen molar-refractivity contribution in [1.82, 2.24) is 9.97 Å². The predicted molar refractivity (Wildman–Crippen MR) is 64.4 cm³/mol. The van der Waals surface area contributed by atoms with E-state index in [-0.39, 0.29) is 0 Å². The van der Waals surface area contributed by atoms with Crippen LogP contribution in [0.1, 0.15) is 25.0 Å². The van der Waals surface area contributed by atoms with Gasteiger partial charge in [0, 0.05) is 17.3 Å². The van der Waals surface area contributed by atoms with Crippen molar-refractivity contribution in [3.8, 4) is 0 Å². The number of hydrogen-bond donors (Lipinski definition) is 2. The number of nitrogens with zero attached hydrogens (tertiary/aromatic N) is 1. The predicted octanol–water partition coefficient (Wildman–Crippen LogP) is 3.00. The molecule has 2 rings (SSSR count). The highest BCUT2D eigenvalue weighted by molar-refractivity contribution is 7.99. The minimum Gasteiger partial charge on any atom is -0.388 e. The van der Waals surface area contributed by atoms with Gasteiger partial charge in [-0.3, -0.25) is 0 Å². The molecular formula is C12H14N2OS. The van der Waals surface area contributed by atoms with Gasteiger partial charge in [0.2, 0.25) is 0 Å². The van der Waals surface area contributed by atoms with Crippen LogP contribution in [0.5, 0.6) is 0 Å². The topological polar surface area (TPSA) is 48.9 Å². The first-order valence-corrected chi connectivity index (χ1v) is 6.07. The highest BCUT2D eigenvalue weighted by atomic mass is 32.2. The Labute approximate surface area is 98.9 Å². The fraction of sp³-hybridized carbons (Fsp3) is 0.250. The van der Waals surface area contributed by atoms with E-state index in [4.69, 9.17) is 0 Å². The first-order chi connectivity index (χ1) is 7.81. The van der Waals surface area contributed by atoms with Gasteiger partial charge in [-0.25, -0.2) is 4.98 Å². The van der Waals surface area contributed by atoms with Crippen LogP contribution in [0.25, 0.3) is 0 Å². The van der Waals surface area contributed by atoms with E-state index in [1.54, 1.807) is 12.4 Å². The number of benzene rings is 1. The van der Waals surface area contributed by atoms with Gasteiger partial charge in [-0.2, -0.15) is 0 Å². The summed E-state index contributed by atoms with van der Waals surface area (Å²) in [7, 11) is 0. The monoisotopic (exact) mass is 234 g/mol. The summed E-state index contributed by atoms with van der Waals surface area (Å²) >= 11 is 1.54. The first kappa shape index (κ1) is 11.2. The van der Waals surface area contributed by atoms with Gasteiger partial charge in [0.15, 0.2) is 5.16 Å². The molecule has 1 aromatic heterocycles. The summed E-state index contributed by atoms with van der Waals surface area (Å²) in [4.78, 5) is 8.25. The number of hydrogen-bond acceptors (Lipinski definition) is 3. The average Bonchev–Trinajstić information content (AvgIpc) is 2.82. The molecule has 1 heterocycles. The van der Waals surface area contributed by atoms with Crippen LogP contribution in [0.2, 0.25) is 0 Å². The molecule has 0 spiro atoms. The number of aliphatic hydroxyl groups is 1. The van der Waals surface area contributed by atoms with E-state index in [2.05, 4.69) is 9.97 Å². The van der Waals surface area contributed by atoms with E-state index < -0.39 is 6.10 Å². The molecule has 0 aliphatic carbocycles. The Morgan fingerprint density at radius 2 is 2.25 bits per heavy atom.